The summed E-state index contributed by atoms with van der Waals surface area (Å²) < 4.78 is 11.1. The summed E-state index contributed by atoms with van der Waals surface area (Å²) in [5.74, 6) is 0.715. The van der Waals surface area contributed by atoms with E-state index >= 15 is 0 Å². The SMILES string of the molecule is COc1cc(Cl)c(/C=N/NC(=O)c2ccccc2Br)cc1OC. The number of carbonyl (C=O) groups excluding carboxylic acids is 1. The number of rotatable bonds is 5. The maximum Gasteiger partial charge on any atom is 0.272 e. The molecule has 23 heavy (non-hydrogen) atoms. The van der Waals surface area contributed by atoms with Crippen LogP contribution in [-0.2, 0) is 0 Å². The van der Waals surface area contributed by atoms with Gasteiger partial charge in [-0.2, -0.15) is 5.10 Å². The average Bonchev–Trinajstić information content (AvgIpc) is 2.56. The first kappa shape index (κ1) is 17.3. The summed E-state index contributed by atoms with van der Waals surface area (Å²) in [5, 5.41) is 4.36. The minimum atomic E-state index is -0.328. The van der Waals surface area contributed by atoms with E-state index in [1.807, 2.05) is 6.07 Å². The lowest BCUT2D eigenvalue weighted by atomic mass is 10.2. The molecule has 2 aromatic carbocycles. The first-order valence-corrected chi connectivity index (χ1v) is 7.73. The molecule has 0 heterocycles. The lowest BCUT2D eigenvalue weighted by molar-refractivity contribution is 0.0954. The van der Waals surface area contributed by atoms with Crippen molar-refractivity contribution < 1.29 is 14.3 Å². The van der Waals surface area contributed by atoms with Crippen LogP contribution in [-0.4, -0.2) is 26.3 Å². The van der Waals surface area contributed by atoms with E-state index in [0.29, 0.717) is 32.1 Å². The lowest BCUT2D eigenvalue weighted by Crippen LogP contribution is -2.18. The van der Waals surface area contributed by atoms with Crippen LogP contribution in [0.5, 0.6) is 11.5 Å². The first-order chi connectivity index (χ1) is 11.1. The van der Waals surface area contributed by atoms with Crippen LogP contribution in [0.2, 0.25) is 5.02 Å². The normalized spacial score (nSPS) is 10.6. The number of ether oxygens (including phenoxy) is 2. The molecule has 0 aromatic heterocycles. The van der Waals surface area contributed by atoms with Crippen LogP contribution in [0, 0.1) is 0 Å². The molecule has 1 amide bonds. The van der Waals surface area contributed by atoms with Gasteiger partial charge in [-0.05, 0) is 34.1 Å². The van der Waals surface area contributed by atoms with Crippen LogP contribution in [0.4, 0.5) is 0 Å². The van der Waals surface area contributed by atoms with Gasteiger partial charge in [0.05, 0.1) is 31.0 Å². The third-order valence-electron chi connectivity index (χ3n) is 2.99. The number of hydrazone groups is 1. The molecule has 0 atom stereocenters. The Bertz CT molecular complexity index is 750. The zero-order valence-corrected chi connectivity index (χ0v) is 14.8. The third-order valence-corrected chi connectivity index (χ3v) is 4.01. The molecule has 0 aliphatic heterocycles. The minimum absolute atomic E-state index is 0.328. The Labute approximate surface area is 147 Å². The molecular weight excluding hydrogens is 384 g/mol. The molecule has 0 bridgehead atoms. The number of hydrogen-bond donors (Lipinski definition) is 1. The number of benzene rings is 2. The molecule has 0 aliphatic rings. The van der Waals surface area contributed by atoms with Crippen molar-refractivity contribution in [2.24, 2.45) is 5.10 Å². The van der Waals surface area contributed by atoms with Crippen LogP contribution in [0.1, 0.15) is 15.9 Å². The van der Waals surface area contributed by atoms with Gasteiger partial charge in [0.2, 0.25) is 0 Å². The van der Waals surface area contributed by atoms with Gasteiger partial charge in [0.15, 0.2) is 11.5 Å². The molecule has 0 spiro atoms. The topological polar surface area (TPSA) is 59.9 Å². The fourth-order valence-electron chi connectivity index (χ4n) is 1.83. The number of carbonyl (C=O) groups is 1. The third kappa shape index (κ3) is 4.24. The van der Waals surface area contributed by atoms with Crippen LogP contribution >= 0.6 is 27.5 Å². The van der Waals surface area contributed by atoms with Gasteiger partial charge in [-0.3, -0.25) is 4.79 Å². The zero-order chi connectivity index (χ0) is 16.8. The number of methoxy groups -OCH3 is 2. The van der Waals surface area contributed by atoms with E-state index < -0.39 is 0 Å². The van der Waals surface area contributed by atoms with Crippen molar-refractivity contribution in [1.82, 2.24) is 5.43 Å². The molecule has 0 unspecified atom stereocenters. The Hall–Kier alpha value is -2.05. The average molecular weight is 398 g/mol. The van der Waals surface area contributed by atoms with Crippen LogP contribution < -0.4 is 14.9 Å². The molecule has 1 N–H and O–H groups in total. The summed E-state index contributed by atoms with van der Waals surface area (Å²) in [7, 11) is 3.06. The van der Waals surface area contributed by atoms with E-state index in [4.69, 9.17) is 21.1 Å². The summed E-state index contributed by atoms with van der Waals surface area (Å²) in [4.78, 5) is 12.0. The molecule has 0 saturated heterocycles. The maximum absolute atomic E-state index is 12.0. The molecule has 0 radical (unpaired) electrons. The molecule has 5 nitrogen and oxygen atoms in total. The minimum Gasteiger partial charge on any atom is -0.493 e. The highest BCUT2D eigenvalue weighted by Gasteiger charge is 2.10. The van der Waals surface area contributed by atoms with Gasteiger partial charge in [0.25, 0.3) is 5.91 Å². The fourth-order valence-corrected chi connectivity index (χ4v) is 2.50. The van der Waals surface area contributed by atoms with Crippen LogP contribution in [0.25, 0.3) is 0 Å². The number of nitrogens with zero attached hydrogens (tertiary/aromatic N) is 1. The summed E-state index contributed by atoms with van der Waals surface area (Å²) in [6.45, 7) is 0. The van der Waals surface area contributed by atoms with Gasteiger partial charge < -0.3 is 9.47 Å². The van der Waals surface area contributed by atoms with Gasteiger partial charge in [-0.25, -0.2) is 5.43 Å². The van der Waals surface area contributed by atoms with Gasteiger partial charge in [0, 0.05) is 16.1 Å². The Morgan fingerprint density at radius 3 is 2.52 bits per heavy atom. The van der Waals surface area contributed by atoms with Crippen molar-refractivity contribution in [1.29, 1.82) is 0 Å². The molecule has 0 aliphatic carbocycles. The van der Waals surface area contributed by atoms with Crippen molar-refractivity contribution in [2.45, 2.75) is 0 Å². The summed E-state index contributed by atoms with van der Waals surface area (Å²) in [5.41, 5.74) is 3.53. The number of nitrogens with one attached hydrogen (secondary N) is 1. The highest BCUT2D eigenvalue weighted by molar-refractivity contribution is 9.10. The largest absolute Gasteiger partial charge is 0.493 e. The Morgan fingerprint density at radius 1 is 1.22 bits per heavy atom. The number of hydrogen-bond acceptors (Lipinski definition) is 4. The predicted octanol–water partition coefficient (Wildman–Crippen LogP) is 3.88. The smallest absolute Gasteiger partial charge is 0.272 e. The molecule has 0 fully saturated rings. The lowest BCUT2D eigenvalue weighted by Gasteiger charge is -2.09. The first-order valence-electron chi connectivity index (χ1n) is 6.56. The summed E-state index contributed by atoms with van der Waals surface area (Å²) in [6, 6.07) is 10.4. The zero-order valence-electron chi connectivity index (χ0n) is 12.5. The second kappa shape index (κ2) is 7.99. The molecule has 7 heteroatoms. The Morgan fingerprint density at radius 2 is 1.87 bits per heavy atom. The van der Waals surface area contributed by atoms with Crippen LogP contribution in [0.15, 0.2) is 46.0 Å². The quantitative estimate of drug-likeness (QED) is 0.615. The molecular formula is C16H14BrClN2O3. The standard InChI is InChI=1S/C16H14BrClN2O3/c1-22-14-7-10(13(18)8-15(14)23-2)9-19-20-16(21)11-5-3-4-6-12(11)17/h3-9H,1-2H3,(H,20,21)/b19-9+. The van der Waals surface area contributed by atoms with E-state index in [1.54, 1.807) is 30.3 Å². The van der Waals surface area contributed by atoms with E-state index in [1.165, 1.54) is 20.4 Å². The van der Waals surface area contributed by atoms with Gasteiger partial charge in [-0.1, -0.05) is 23.7 Å². The summed E-state index contributed by atoms with van der Waals surface area (Å²) in [6.07, 6.45) is 1.44. The van der Waals surface area contributed by atoms with E-state index in [0.717, 1.165) is 0 Å². The van der Waals surface area contributed by atoms with Crippen molar-refractivity contribution in [3.8, 4) is 11.5 Å². The van der Waals surface area contributed by atoms with Gasteiger partial charge in [-0.15, -0.1) is 0 Å². The monoisotopic (exact) mass is 396 g/mol. The Balaban J connectivity index is 2.15. The number of halogens is 2. The van der Waals surface area contributed by atoms with Gasteiger partial charge >= 0.3 is 0 Å². The maximum atomic E-state index is 12.0. The fraction of sp³-hybridized carbons (Fsp3) is 0.125. The number of amides is 1. The second-order valence-corrected chi connectivity index (χ2v) is 5.67. The highest BCUT2D eigenvalue weighted by Crippen LogP contribution is 2.32. The van der Waals surface area contributed by atoms with Crippen molar-refractivity contribution in [2.75, 3.05) is 14.2 Å². The second-order valence-electron chi connectivity index (χ2n) is 4.41. The molecule has 2 rings (SSSR count). The van der Waals surface area contributed by atoms with E-state index in [2.05, 4.69) is 26.5 Å². The Kier molecular flexibility index (Phi) is 6.01. The molecule has 0 saturated carbocycles. The van der Waals surface area contributed by atoms with Crippen molar-refractivity contribution >= 4 is 39.7 Å². The molecule has 120 valence electrons. The molecule has 2 aromatic rings. The van der Waals surface area contributed by atoms with Crippen molar-refractivity contribution in [3.05, 3.63) is 57.0 Å². The van der Waals surface area contributed by atoms with Gasteiger partial charge in [0.1, 0.15) is 0 Å². The predicted molar refractivity (Wildman–Crippen MR) is 93.8 cm³/mol. The van der Waals surface area contributed by atoms with Crippen molar-refractivity contribution in [3.63, 3.8) is 0 Å². The van der Waals surface area contributed by atoms with E-state index in [9.17, 15) is 4.79 Å². The highest BCUT2D eigenvalue weighted by atomic mass is 79.9. The van der Waals surface area contributed by atoms with E-state index in [-0.39, 0.29) is 5.91 Å². The summed E-state index contributed by atoms with van der Waals surface area (Å²) >= 11 is 9.46. The van der Waals surface area contributed by atoms with Crippen LogP contribution in [0.3, 0.4) is 0 Å².